The first-order chi connectivity index (χ1) is 15.7. The van der Waals surface area contributed by atoms with Gasteiger partial charge in [-0.2, -0.15) is 4.31 Å². The van der Waals surface area contributed by atoms with Crippen molar-refractivity contribution in [1.82, 2.24) is 14.1 Å². The summed E-state index contributed by atoms with van der Waals surface area (Å²) < 4.78 is 54.1. The maximum Gasteiger partial charge on any atom is 0.246 e. The molecule has 2 aliphatic heterocycles. The van der Waals surface area contributed by atoms with Crippen molar-refractivity contribution in [3.05, 3.63) is 71.4 Å². The van der Waals surface area contributed by atoms with E-state index in [2.05, 4.69) is 0 Å². The van der Waals surface area contributed by atoms with Crippen LogP contribution in [0.25, 0.3) is 6.08 Å². The molecule has 1 saturated heterocycles. The smallest absolute Gasteiger partial charge is 0.246 e. The van der Waals surface area contributed by atoms with E-state index in [0.717, 1.165) is 27.6 Å². The van der Waals surface area contributed by atoms with Crippen molar-refractivity contribution in [2.75, 3.05) is 26.2 Å². The molecule has 4 rings (SSSR count). The van der Waals surface area contributed by atoms with E-state index in [1.54, 1.807) is 6.20 Å². The monoisotopic (exact) mass is 475 g/mol. The van der Waals surface area contributed by atoms with Crippen LogP contribution in [0.5, 0.6) is 0 Å². The van der Waals surface area contributed by atoms with Crippen LogP contribution in [0, 0.1) is 11.6 Å². The normalized spacial score (nSPS) is 18.8. The van der Waals surface area contributed by atoms with Gasteiger partial charge in [0.05, 0.1) is 12.5 Å². The summed E-state index contributed by atoms with van der Waals surface area (Å²) in [4.78, 5) is 27.5. The zero-order chi connectivity index (χ0) is 23.8. The number of amides is 2. The van der Waals surface area contributed by atoms with Crippen LogP contribution >= 0.6 is 0 Å². The van der Waals surface area contributed by atoms with Gasteiger partial charge in [-0.15, -0.1) is 0 Å². The summed E-state index contributed by atoms with van der Waals surface area (Å²) in [5.74, 6) is -2.28. The summed E-state index contributed by atoms with van der Waals surface area (Å²) in [5, 5.41) is 0. The van der Waals surface area contributed by atoms with Crippen molar-refractivity contribution in [3.8, 4) is 0 Å². The number of rotatable bonds is 4. The van der Waals surface area contributed by atoms with Gasteiger partial charge in [-0.25, -0.2) is 17.2 Å². The molecule has 0 saturated carbocycles. The van der Waals surface area contributed by atoms with E-state index in [-0.39, 0.29) is 44.4 Å². The minimum Gasteiger partial charge on any atom is -0.340 e. The van der Waals surface area contributed by atoms with Crippen molar-refractivity contribution in [2.45, 2.75) is 24.3 Å². The fourth-order valence-corrected chi connectivity index (χ4v) is 5.70. The van der Waals surface area contributed by atoms with Crippen molar-refractivity contribution in [1.29, 1.82) is 0 Å². The fraction of sp³-hybridized carbons (Fsp3) is 0.304. The van der Waals surface area contributed by atoms with Crippen LogP contribution in [-0.2, 0) is 19.6 Å². The Morgan fingerprint density at radius 2 is 1.73 bits per heavy atom. The third kappa shape index (κ3) is 4.53. The number of fused-ring (bicyclic) bond motifs is 1. The molecule has 2 heterocycles. The fourth-order valence-electron chi connectivity index (χ4n) is 4.20. The van der Waals surface area contributed by atoms with Crippen LogP contribution < -0.4 is 0 Å². The predicted molar refractivity (Wildman–Crippen MR) is 117 cm³/mol. The maximum absolute atomic E-state index is 14.0. The lowest BCUT2D eigenvalue weighted by atomic mass is 9.93. The van der Waals surface area contributed by atoms with Gasteiger partial charge in [0.1, 0.15) is 16.5 Å². The molecule has 2 aliphatic rings. The molecule has 0 spiro atoms. The second-order valence-electron chi connectivity index (χ2n) is 7.95. The summed E-state index contributed by atoms with van der Waals surface area (Å²) in [7, 11) is -4.23. The van der Waals surface area contributed by atoms with E-state index in [0.29, 0.717) is 6.07 Å². The summed E-state index contributed by atoms with van der Waals surface area (Å²) in [6, 6.07) is 9.36. The van der Waals surface area contributed by atoms with Gasteiger partial charge in [0.25, 0.3) is 0 Å². The van der Waals surface area contributed by atoms with Gasteiger partial charge in [0.15, 0.2) is 0 Å². The Kier molecular flexibility index (Phi) is 6.31. The number of hydrogen-bond acceptors (Lipinski definition) is 4. The average molecular weight is 476 g/mol. The highest BCUT2D eigenvalue weighted by Crippen LogP contribution is 2.33. The van der Waals surface area contributed by atoms with Gasteiger partial charge >= 0.3 is 0 Å². The molecule has 0 N–H and O–H groups in total. The van der Waals surface area contributed by atoms with Crippen LogP contribution in [0.4, 0.5) is 8.78 Å². The molecule has 10 heteroatoms. The second kappa shape index (κ2) is 9.03. The lowest BCUT2D eigenvalue weighted by Crippen LogP contribution is -2.51. The summed E-state index contributed by atoms with van der Waals surface area (Å²) in [5.41, 5.74) is 1.80. The SMILES string of the molecule is CC(=O)N1C=Cc2ccccc2[C@H]1CC(=O)N1CCN(S(=O)(=O)c2cc(F)ccc2F)CC1. The third-order valence-electron chi connectivity index (χ3n) is 5.94. The molecular weight excluding hydrogens is 452 g/mol. The standard InChI is InChI=1S/C23H23F2N3O4S/c1-16(29)28-9-8-17-4-2-3-5-19(17)21(28)15-23(30)26-10-12-27(13-11-26)33(31,32)22-14-18(24)6-7-20(22)25/h2-9,14,21H,10-13,15H2,1H3/t21-/m1/s1. The van der Waals surface area contributed by atoms with Gasteiger partial charge in [-0.05, 0) is 35.4 Å². The first-order valence-electron chi connectivity index (χ1n) is 10.5. The minimum absolute atomic E-state index is 0.0401. The Balaban J connectivity index is 1.46. The molecule has 0 bridgehead atoms. The van der Waals surface area contributed by atoms with Gasteiger partial charge < -0.3 is 9.80 Å². The third-order valence-corrected chi connectivity index (χ3v) is 7.85. The van der Waals surface area contributed by atoms with Crippen molar-refractivity contribution >= 4 is 27.9 Å². The van der Waals surface area contributed by atoms with E-state index in [4.69, 9.17) is 0 Å². The van der Waals surface area contributed by atoms with Crippen LogP contribution in [0.1, 0.15) is 30.5 Å². The van der Waals surface area contributed by atoms with Gasteiger partial charge in [0, 0.05) is 39.3 Å². The van der Waals surface area contributed by atoms with E-state index >= 15 is 0 Å². The molecular formula is C23H23F2N3O4S. The number of halogens is 2. The lowest BCUT2D eigenvalue weighted by Gasteiger charge is -2.37. The number of hydrogen-bond donors (Lipinski definition) is 0. The van der Waals surface area contributed by atoms with E-state index in [1.165, 1.54) is 16.7 Å². The van der Waals surface area contributed by atoms with E-state index in [9.17, 15) is 26.8 Å². The molecule has 174 valence electrons. The zero-order valence-corrected chi connectivity index (χ0v) is 18.8. The number of nitrogens with zero attached hydrogens (tertiary/aromatic N) is 3. The Morgan fingerprint density at radius 1 is 1.03 bits per heavy atom. The Bertz CT molecular complexity index is 1220. The topological polar surface area (TPSA) is 78.0 Å². The van der Waals surface area contributed by atoms with E-state index in [1.807, 2.05) is 30.3 Å². The van der Waals surface area contributed by atoms with Crippen molar-refractivity contribution in [2.24, 2.45) is 0 Å². The van der Waals surface area contributed by atoms with Gasteiger partial charge in [-0.3, -0.25) is 9.59 Å². The Morgan fingerprint density at radius 3 is 2.42 bits per heavy atom. The number of sulfonamides is 1. The van der Waals surface area contributed by atoms with Crippen molar-refractivity contribution < 1.29 is 26.8 Å². The van der Waals surface area contributed by atoms with Crippen LogP contribution in [0.2, 0.25) is 0 Å². The molecule has 2 amide bonds. The maximum atomic E-state index is 14.0. The number of benzene rings is 2. The van der Waals surface area contributed by atoms with Crippen LogP contribution in [0.3, 0.4) is 0 Å². The number of carbonyl (C=O) groups is 2. The molecule has 2 aromatic carbocycles. The summed E-state index contributed by atoms with van der Waals surface area (Å²) in [6.07, 6.45) is 3.54. The lowest BCUT2D eigenvalue weighted by molar-refractivity contribution is -0.135. The highest BCUT2D eigenvalue weighted by molar-refractivity contribution is 7.89. The molecule has 0 aliphatic carbocycles. The molecule has 33 heavy (non-hydrogen) atoms. The van der Waals surface area contributed by atoms with Gasteiger partial charge in [-0.1, -0.05) is 24.3 Å². The minimum atomic E-state index is -4.23. The first kappa shape index (κ1) is 23.1. The zero-order valence-electron chi connectivity index (χ0n) is 17.9. The van der Waals surface area contributed by atoms with Crippen LogP contribution in [0.15, 0.2) is 53.6 Å². The number of piperazine rings is 1. The molecule has 0 radical (unpaired) electrons. The molecule has 0 aromatic heterocycles. The molecule has 2 aromatic rings. The molecule has 1 atom stereocenters. The van der Waals surface area contributed by atoms with E-state index < -0.39 is 32.6 Å². The number of carbonyl (C=O) groups excluding carboxylic acids is 2. The highest BCUT2D eigenvalue weighted by Gasteiger charge is 2.34. The van der Waals surface area contributed by atoms with Crippen LogP contribution in [-0.4, -0.2) is 60.5 Å². The Labute approximate surface area is 190 Å². The first-order valence-corrected chi connectivity index (χ1v) is 11.9. The van der Waals surface area contributed by atoms with Gasteiger partial charge in [0.2, 0.25) is 21.8 Å². The van der Waals surface area contributed by atoms with Crippen molar-refractivity contribution in [3.63, 3.8) is 0 Å². The highest BCUT2D eigenvalue weighted by atomic mass is 32.2. The second-order valence-corrected chi connectivity index (χ2v) is 9.86. The Hall–Kier alpha value is -3.11. The summed E-state index contributed by atoms with van der Waals surface area (Å²) in [6.45, 7) is 1.58. The predicted octanol–water partition coefficient (Wildman–Crippen LogP) is 2.76. The summed E-state index contributed by atoms with van der Waals surface area (Å²) >= 11 is 0. The largest absolute Gasteiger partial charge is 0.340 e. The average Bonchev–Trinajstić information content (AvgIpc) is 2.80. The quantitative estimate of drug-likeness (QED) is 0.682. The molecule has 1 fully saturated rings. The molecule has 0 unspecified atom stereocenters. The molecule has 7 nitrogen and oxygen atoms in total.